The van der Waals surface area contributed by atoms with E-state index in [9.17, 15) is 5.11 Å². The third-order valence-electron chi connectivity index (χ3n) is 3.24. The highest BCUT2D eigenvalue weighted by atomic mass is 35.5. The fraction of sp³-hybridized carbons (Fsp3) is 0.571. The first-order chi connectivity index (χ1) is 9.13. The molecule has 108 valence electrons. The van der Waals surface area contributed by atoms with Crippen molar-refractivity contribution in [2.75, 3.05) is 32.8 Å². The monoisotopic (exact) mass is 304 g/mol. The zero-order valence-electron chi connectivity index (χ0n) is 11.5. The van der Waals surface area contributed by atoms with Crippen molar-refractivity contribution < 1.29 is 5.11 Å². The molecule has 2 N–H and O–H groups in total. The first-order valence-corrected chi connectivity index (χ1v) is 7.40. The average molecular weight is 305 g/mol. The van der Waals surface area contributed by atoms with Crippen molar-refractivity contribution in [3.8, 4) is 0 Å². The number of likely N-dealkylation sites (N-methyl/N-ethyl adjacent to an activating group) is 1. The minimum Gasteiger partial charge on any atom is -0.394 e. The Balaban J connectivity index is 2.63. The summed E-state index contributed by atoms with van der Waals surface area (Å²) in [7, 11) is 0. The van der Waals surface area contributed by atoms with Gasteiger partial charge in [0.05, 0.1) is 12.6 Å². The Morgan fingerprint density at radius 2 is 1.79 bits per heavy atom. The molecule has 0 aromatic heterocycles. The zero-order valence-corrected chi connectivity index (χ0v) is 13.0. The SMILES string of the molecule is CCN(CC)CCNC(CO)c1c(Cl)cccc1Cl. The normalized spacial score (nSPS) is 12.9. The molecule has 0 saturated carbocycles. The Hall–Kier alpha value is -0.320. The fourth-order valence-electron chi connectivity index (χ4n) is 2.04. The molecule has 0 aliphatic rings. The average Bonchev–Trinajstić information content (AvgIpc) is 2.41. The van der Waals surface area contributed by atoms with E-state index in [1.54, 1.807) is 18.2 Å². The first-order valence-electron chi connectivity index (χ1n) is 6.64. The van der Waals surface area contributed by atoms with Crippen molar-refractivity contribution in [2.24, 2.45) is 0 Å². The summed E-state index contributed by atoms with van der Waals surface area (Å²) >= 11 is 12.3. The van der Waals surface area contributed by atoms with E-state index >= 15 is 0 Å². The smallest absolute Gasteiger partial charge is 0.0627 e. The highest BCUT2D eigenvalue weighted by Gasteiger charge is 2.16. The van der Waals surface area contributed by atoms with Gasteiger partial charge in [0.25, 0.3) is 0 Å². The number of nitrogens with zero attached hydrogens (tertiary/aromatic N) is 1. The van der Waals surface area contributed by atoms with Crippen LogP contribution in [0.25, 0.3) is 0 Å². The van der Waals surface area contributed by atoms with Gasteiger partial charge in [0.15, 0.2) is 0 Å². The third kappa shape index (κ3) is 4.93. The molecule has 1 rings (SSSR count). The van der Waals surface area contributed by atoms with E-state index < -0.39 is 0 Å². The number of aliphatic hydroxyl groups is 1. The standard InChI is InChI=1S/C14H22Cl2N2O/c1-3-18(4-2)9-8-17-13(10-19)14-11(15)6-5-7-12(14)16/h5-7,13,17,19H,3-4,8-10H2,1-2H3. The number of aliphatic hydroxyl groups excluding tert-OH is 1. The van der Waals surface area contributed by atoms with Gasteiger partial charge in [0, 0.05) is 28.7 Å². The van der Waals surface area contributed by atoms with Crippen molar-refractivity contribution in [3.05, 3.63) is 33.8 Å². The summed E-state index contributed by atoms with van der Waals surface area (Å²) in [6, 6.07) is 5.16. The maximum absolute atomic E-state index is 9.51. The molecular weight excluding hydrogens is 283 g/mol. The van der Waals surface area contributed by atoms with Crippen LogP contribution in [0.15, 0.2) is 18.2 Å². The lowest BCUT2D eigenvalue weighted by molar-refractivity contribution is 0.233. The molecule has 0 fully saturated rings. The Bertz CT molecular complexity index is 363. The van der Waals surface area contributed by atoms with Gasteiger partial charge in [-0.15, -0.1) is 0 Å². The van der Waals surface area contributed by atoms with Crippen molar-refractivity contribution in [2.45, 2.75) is 19.9 Å². The van der Waals surface area contributed by atoms with E-state index in [-0.39, 0.29) is 12.6 Å². The minimum absolute atomic E-state index is 0.0261. The van der Waals surface area contributed by atoms with Gasteiger partial charge in [-0.1, -0.05) is 43.1 Å². The Kier molecular flexibility index (Phi) is 7.73. The van der Waals surface area contributed by atoms with Gasteiger partial charge in [0.1, 0.15) is 0 Å². The molecule has 5 heteroatoms. The molecule has 0 bridgehead atoms. The van der Waals surface area contributed by atoms with Crippen LogP contribution in [0.2, 0.25) is 10.0 Å². The molecule has 0 heterocycles. The number of hydrogen-bond donors (Lipinski definition) is 2. The van der Waals surface area contributed by atoms with E-state index in [2.05, 4.69) is 24.1 Å². The molecule has 1 aromatic carbocycles. The lowest BCUT2D eigenvalue weighted by atomic mass is 10.1. The van der Waals surface area contributed by atoms with Crippen molar-refractivity contribution >= 4 is 23.2 Å². The molecule has 0 saturated heterocycles. The van der Waals surface area contributed by atoms with Crippen LogP contribution in [0.4, 0.5) is 0 Å². The second-order valence-electron chi connectivity index (χ2n) is 4.35. The van der Waals surface area contributed by atoms with Gasteiger partial charge in [-0.25, -0.2) is 0 Å². The predicted molar refractivity (Wildman–Crippen MR) is 82.1 cm³/mol. The van der Waals surface area contributed by atoms with Crippen LogP contribution >= 0.6 is 23.2 Å². The van der Waals surface area contributed by atoms with Gasteiger partial charge >= 0.3 is 0 Å². The van der Waals surface area contributed by atoms with Crippen molar-refractivity contribution in [3.63, 3.8) is 0 Å². The van der Waals surface area contributed by atoms with Crippen molar-refractivity contribution in [1.29, 1.82) is 0 Å². The van der Waals surface area contributed by atoms with Gasteiger partial charge in [-0.3, -0.25) is 0 Å². The van der Waals surface area contributed by atoms with Gasteiger partial charge in [-0.2, -0.15) is 0 Å². The molecule has 0 aliphatic carbocycles. The van der Waals surface area contributed by atoms with Crippen LogP contribution in [0.1, 0.15) is 25.5 Å². The zero-order chi connectivity index (χ0) is 14.3. The molecule has 3 nitrogen and oxygen atoms in total. The molecule has 0 spiro atoms. The highest BCUT2D eigenvalue weighted by molar-refractivity contribution is 6.36. The van der Waals surface area contributed by atoms with E-state index in [0.29, 0.717) is 10.0 Å². The molecule has 1 aromatic rings. The molecular formula is C14H22Cl2N2O. The maximum Gasteiger partial charge on any atom is 0.0627 e. The van der Waals surface area contributed by atoms with E-state index in [0.717, 1.165) is 31.7 Å². The van der Waals surface area contributed by atoms with Crippen LogP contribution in [-0.2, 0) is 0 Å². The fourth-order valence-corrected chi connectivity index (χ4v) is 2.70. The largest absolute Gasteiger partial charge is 0.394 e. The van der Waals surface area contributed by atoms with Crippen LogP contribution in [0.5, 0.6) is 0 Å². The quantitative estimate of drug-likeness (QED) is 0.775. The molecule has 0 aliphatic heterocycles. The Labute approximate surface area is 125 Å². The predicted octanol–water partition coefficient (Wildman–Crippen LogP) is 2.96. The number of hydrogen-bond acceptors (Lipinski definition) is 3. The lowest BCUT2D eigenvalue weighted by Gasteiger charge is -2.22. The van der Waals surface area contributed by atoms with Crippen LogP contribution < -0.4 is 5.32 Å². The summed E-state index contributed by atoms with van der Waals surface area (Å²) in [5.41, 5.74) is 0.771. The molecule has 0 amide bonds. The minimum atomic E-state index is -0.225. The van der Waals surface area contributed by atoms with Gasteiger partial charge in [-0.05, 0) is 25.2 Å². The Morgan fingerprint density at radius 3 is 2.26 bits per heavy atom. The highest BCUT2D eigenvalue weighted by Crippen LogP contribution is 2.29. The maximum atomic E-state index is 9.51. The molecule has 19 heavy (non-hydrogen) atoms. The summed E-state index contributed by atoms with van der Waals surface area (Å²) in [4.78, 5) is 2.32. The summed E-state index contributed by atoms with van der Waals surface area (Å²) in [6.07, 6.45) is 0. The lowest BCUT2D eigenvalue weighted by Crippen LogP contribution is -2.35. The van der Waals surface area contributed by atoms with Crippen molar-refractivity contribution in [1.82, 2.24) is 10.2 Å². The van der Waals surface area contributed by atoms with E-state index in [1.807, 2.05) is 0 Å². The number of halogens is 2. The molecule has 1 atom stereocenters. The van der Waals surface area contributed by atoms with E-state index in [1.165, 1.54) is 0 Å². The van der Waals surface area contributed by atoms with Crippen LogP contribution in [-0.4, -0.2) is 42.8 Å². The molecule has 0 radical (unpaired) electrons. The second-order valence-corrected chi connectivity index (χ2v) is 5.17. The number of nitrogens with one attached hydrogen (secondary N) is 1. The number of rotatable bonds is 8. The Morgan fingerprint density at radius 1 is 1.21 bits per heavy atom. The summed E-state index contributed by atoms with van der Waals surface area (Å²) < 4.78 is 0. The molecule has 1 unspecified atom stereocenters. The third-order valence-corrected chi connectivity index (χ3v) is 3.90. The van der Waals surface area contributed by atoms with Gasteiger partial charge in [0.2, 0.25) is 0 Å². The summed E-state index contributed by atoms with van der Waals surface area (Å²) in [6.45, 7) is 8.02. The van der Waals surface area contributed by atoms with Crippen LogP contribution in [0.3, 0.4) is 0 Å². The summed E-state index contributed by atoms with van der Waals surface area (Å²) in [5, 5.41) is 14.0. The number of benzene rings is 1. The topological polar surface area (TPSA) is 35.5 Å². The van der Waals surface area contributed by atoms with E-state index in [4.69, 9.17) is 23.2 Å². The van der Waals surface area contributed by atoms with Crippen LogP contribution in [0, 0.1) is 0 Å². The first kappa shape index (κ1) is 16.7. The van der Waals surface area contributed by atoms with Gasteiger partial charge < -0.3 is 15.3 Å². The second kappa shape index (κ2) is 8.77. The summed E-state index contributed by atoms with van der Waals surface area (Å²) in [5.74, 6) is 0.